The van der Waals surface area contributed by atoms with E-state index in [2.05, 4.69) is 10.6 Å². The van der Waals surface area contributed by atoms with Crippen LogP contribution in [0.1, 0.15) is 17.3 Å². The summed E-state index contributed by atoms with van der Waals surface area (Å²) in [6.45, 7) is 0.841. The minimum Gasteiger partial charge on any atom is -0.507 e. The second kappa shape index (κ2) is 8.52. The minimum absolute atomic E-state index is 0.0775. The number of hydrogen-bond donors (Lipinski definition) is 3. The van der Waals surface area contributed by atoms with Crippen LogP contribution in [0.4, 0.5) is 11.4 Å². The predicted octanol–water partition coefficient (Wildman–Crippen LogP) is 2.15. The second-order valence-electron chi connectivity index (χ2n) is 5.27. The topological polar surface area (TPSA) is 114 Å². The Morgan fingerprint density at radius 2 is 1.73 bits per heavy atom. The third kappa shape index (κ3) is 5.23. The normalized spacial score (nSPS) is 9.92. The van der Waals surface area contributed by atoms with Gasteiger partial charge in [-0.1, -0.05) is 6.07 Å². The lowest BCUT2D eigenvalue weighted by Gasteiger charge is -2.09. The van der Waals surface area contributed by atoms with Gasteiger partial charge in [0.2, 0.25) is 5.91 Å². The van der Waals surface area contributed by atoms with Gasteiger partial charge in [-0.15, -0.1) is 0 Å². The smallest absolute Gasteiger partial charge is 0.342 e. The van der Waals surface area contributed by atoms with E-state index < -0.39 is 18.5 Å². The maximum absolute atomic E-state index is 11.9. The fraction of sp³-hybridized carbons (Fsp3) is 0.167. The molecule has 8 nitrogen and oxygen atoms in total. The first-order valence-electron chi connectivity index (χ1n) is 7.60. The van der Waals surface area contributed by atoms with Gasteiger partial charge in [0.25, 0.3) is 5.91 Å². The molecule has 0 spiro atoms. The van der Waals surface area contributed by atoms with Crippen LogP contribution in [-0.2, 0) is 14.3 Å². The van der Waals surface area contributed by atoms with Gasteiger partial charge in [-0.3, -0.25) is 9.59 Å². The summed E-state index contributed by atoms with van der Waals surface area (Å²) in [7, 11) is 1.43. The highest BCUT2D eigenvalue weighted by Gasteiger charge is 2.15. The Morgan fingerprint density at radius 1 is 1.04 bits per heavy atom. The van der Waals surface area contributed by atoms with Crippen molar-refractivity contribution in [3.8, 4) is 11.5 Å². The maximum atomic E-state index is 11.9. The Labute approximate surface area is 149 Å². The molecule has 0 saturated heterocycles. The fourth-order valence-corrected chi connectivity index (χ4v) is 2.09. The number of esters is 1. The number of benzene rings is 2. The van der Waals surface area contributed by atoms with Gasteiger partial charge in [-0.2, -0.15) is 0 Å². The van der Waals surface area contributed by atoms with Gasteiger partial charge >= 0.3 is 5.97 Å². The number of carbonyl (C=O) groups is 3. The highest BCUT2D eigenvalue weighted by Crippen LogP contribution is 2.24. The summed E-state index contributed by atoms with van der Waals surface area (Å²) in [5.74, 6) is -1.56. The summed E-state index contributed by atoms with van der Waals surface area (Å²) in [6, 6.07) is 10.6. The lowest BCUT2D eigenvalue weighted by molar-refractivity contribution is -0.119. The number of nitrogens with one attached hydrogen (secondary N) is 2. The van der Waals surface area contributed by atoms with Gasteiger partial charge in [0, 0.05) is 24.4 Å². The van der Waals surface area contributed by atoms with E-state index in [1.807, 2.05) is 0 Å². The van der Waals surface area contributed by atoms with Crippen molar-refractivity contribution in [2.45, 2.75) is 6.92 Å². The highest BCUT2D eigenvalue weighted by molar-refractivity contribution is 5.97. The number of amides is 2. The van der Waals surface area contributed by atoms with Gasteiger partial charge in [0.05, 0.1) is 7.11 Å². The van der Waals surface area contributed by atoms with Crippen molar-refractivity contribution >= 4 is 29.2 Å². The quantitative estimate of drug-likeness (QED) is 0.682. The number of aromatic hydroxyl groups is 1. The SMILES string of the molecule is COc1ccc(C(=O)OCC(=O)Nc2cccc(NC(C)=O)c2)c(O)c1. The zero-order valence-electron chi connectivity index (χ0n) is 14.2. The summed E-state index contributed by atoms with van der Waals surface area (Å²) < 4.78 is 9.82. The summed E-state index contributed by atoms with van der Waals surface area (Å²) in [6.07, 6.45) is 0. The molecular weight excluding hydrogens is 340 g/mol. The first-order valence-corrected chi connectivity index (χ1v) is 7.60. The minimum atomic E-state index is -0.840. The molecule has 0 aliphatic heterocycles. The highest BCUT2D eigenvalue weighted by atomic mass is 16.5. The molecule has 26 heavy (non-hydrogen) atoms. The van der Waals surface area contributed by atoms with Crippen LogP contribution in [0.15, 0.2) is 42.5 Å². The zero-order chi connectivity index (χ0) is 19.1. The monoisotopic (exact) mass is 358 g/mol. The third-order valence-electron chi connectivity index (χ3n) is 3.23. The molecule has 2 amide bonds. The number of rotatable bonds is 6. The van der Waals surface area contributed by atoms with Crippen LogP contribution >= 0.6 is 0 Å². The molecule has 0 aromatic heterocycles. The molecule has 0 radical (unpaired) electrons. The van der Waals surface area contributed by atoms with Gasteiger partial charge in [-0.25, -0.2) is 4.79 Å². The first-order chi connectivity index (χ1) is 12.4. The van der Waals surface area contributed by atoms with Gasteiger partial charge in [-0.05, 0) is 30.3 Å². The second-order valence-corrected chi connectivity index (χ2v) is 5.27. The number of anilines is 2. The van der Waals surface area contributed by atoms with E-state index in [-0.39, 0.29) is 17.2 Å². The molecule has 0 bridgehead atoms. The standard InChI is InChI=1S/C18H18N2O6/c1-11(21)19-12-4-3-5-13(8-12)20-17(23)10-26-18(24)15-7-6-14(25-2)9-16(15)22/h3-9,22H,10H2,1-2H3,(H,19,21)(H,20,23). The number of carbonyl (C=O) groups excluding carboxylic acids is 3. The van der Waals surface area contributed by atoms with E-state index in [9.17, 15) is 19.5 Å². The molecule has 2 aromatic rings. The number of ether oxygens (including phenoxy) is 2. The Kier molecular flexibility index (Phi) is 6.15. The Hall–Kier alpha value is -3.55. The van der Waals surface area contributed by atoms with Crippen molar-refractivity contribution in [2.24, 2.45) is 0 Å². The van der Waals surface area contributed by atoms with E-state index in [0.717, 1.165) is 0 Å². The molecule has 0 unspecified atom stereocenters. The van der Waals surface area contributed by atoms with Gasteiger partial charge in [0.1, 0.15) is 17.1 Å². The molecular formula is C18H18N2O6. The zero-order valence-corrected chi connectivity index (χ0v) is 14.2. The molecule has 0 saturated carbocycles. The van der Waals surface area contributed by atoms with Crippen molar-refractivity contribution in [1.82, 2.24) is 0 Å². The molecule has 0 heterocycles. The summed E-state index contributed by atoms with van der Waals surface area (Å²) in [5, 5.41) is 14.9. The summed E-state index contributed by atoms with van der Waals surface area (Å²) in [5.41, 5.74) is 0.881. The molecule has 0 fully saturated rings. The van der Waals surface area contributed by atoms with E-state index in [0.29, 0.717) is 17.1 Å². The van der Waals surface area contributed by atoms with Crippen LogP contribution in [0, 0.1) is 0 Å². The van der Waals surface area contributed by atoms with Crippen LogP contribution < -0.4 is 15.4 Å². The summed E-state index contributed by atoms with van der Waals surface area (Å²) >= 11 is 0. The Bertz CT molecular complexity index is 834. The molecule has 136 valence electrons. The number of hydrogen-bond acceptors (Lipinski definition) is 6. The van der Waals surface area contributed by atoms with E-state index in [4.69, 9.17) is 9.47 Å². The molecule has 0 aliphatic rings. The van der Waals surface area contributed by atoms with E-state index in [1.54, 1.807) is 24.3 Å². The van der Waals surface area contributed by atoms with Crippen LogP contribution in [-0.4, -0.2) is 36.6 Å². The largest absolute Gasteiger partial charge is 0.507 e. The van der Waals surface area contributed by atoms with Crippen molar-refractivity contribution < 1.29 is 29.0 Å². The fourth-order valence-electron chi connectivity index (χ4n) is 2.09. The van der Waals surface area contributed by atoms with Crippen LogP contribution in [0.25, 0.3) is 0 Å². The van der Waals surface area contributed by atoms with Crippen molar-refractivity contribution in [2.75, 3.05) is 24.4 Å². The average Bonchev–Trinajstić information content (AvgIpc) is 2.59. The molecule has 3 N–H and O–H groups in total. The predicted molar refractivity (Wildman–Crippen MR) is 94.3 cm³/mol. The molecule has 0 aliphatic carbocycles. The first kappa shape index (κ1) is 18.8. The number of phenolic OH excluding ortho intramolecular Hbond substituents is 1. The Balaban J connectivity index is 1.92. The molecule has 8 heteroatoms. The lowest BCUT2D eigenvalue weighted by atomic mass is 10.2. The van der Waals surface area contributed by atoms with Gasteiger partial charge < -0.3 is 25.2 Å². The van der Waals surface area contributed by atoms with Crippen molar-refractivity contribution in [3.05, 3.63) is 48.0 Å². The molecule has 0 atom stereocenters. The van der Waals surface area contributed by atoms with Crippen LogP contribution in [0.3, 0.4) is 0 Å². The van der Waals surface area contributed by atoms with Gasteiger partial charge in [0.15, 0.2) is 6.61 Å². The third-order valence-corrected chi connectivity index (χ3v) is 3.23. The molecule has 2 aromatic carbocycles. The average molecular weight is 358 g/mol. The van der Waals surface area contributed by atoms with Crippen molar-refractivity contribution in [1.29, 1.82) is 0 Å². The summed E-state index contributed by atoms with van der Waals surface area (Å²) in [4.78, 5) is 34.9. The van der Waals surface area contributed by atoms with Crippen LogP contribution in [0.5, 0.6) is 11.5 Å². The van der Waals surface area contributed by atoms with E-state index >= 15 is 0 Å². The van der Waals surface area contributed by atoms with Crippen molar-refractivity contribution in [3.63, 3.8) is 0 Å². The van der Waals surface area contributed by atoms with Crippen LogP contribution in [0.2, 0.25) is 0 Å². The lowest BCUT2D eigenvalue weighted by Crippen LogP contribution is -2.21. The maximum Gasteiger partial charge on any atom is 0.342 e. The number of phenols is 1. The number of methoxy groups -OCH3 is 1. The van der Waals surface area contributed by atoms with E-state index in [1.165, 1.54) is 32.2 Å². The molecule has 2 rings (SSSR count). The Morgan fingerprint density at radius 3 is 2.35 bits per heavy atom.